The summed E-state index contributed by atoms with van der Waals surface area (Å²) in [7, 11) is 0. The van der Waals surface area contributed by atoms with E-state index in [1.807, 2.05) is 42.5 Å². The fraction of sp³-hybridized carbons (Fsp3) is 0.0500. The molecule has 4 heteroatoms. The monoisotopic (exact) mass is 321 g/mol. The highest BCUT2D eigenvalue weighted by atomic mass is 19.1. The molecule has 1 amide bonds. The molecule has 3 aromatic carbocycles. The van der Waals surface area contributed by atoms with Crippen LogP contribution in [0.1, 0.15) is 15.9 Å². The van der Waals surface area contributed by atoms with E-state index >= 15 is 0 Å². The molecule has 1 N–H and O–H groups in total. The van der Waals surface area contributed by atoms with Crippen molar-refractivity contribution in [1.82, 2.24) is 0 Å². The zero-order chi connectivity index (χ0) is 16.8. The molecular formula is C20H16FNO2. The summed E-state index contributed by atoms with van der Waals surface area (Å²) in [6.45, 7) is 0.426. The Morgan fingerprint density at radius 3 is 2.38 bits per heavy atom. The van der Waals surface area contributed by atoms with Gasteiger partial charge in [-0.05, 0) is 48.0 Å². The SMILES string of the molecule is O=C(Nc1cccc(F)c1)c1ccc(COc2ccccc2)cc1. The Morgan fingerprint density at radius 2 is 1.67 bits per heavy atom. The van der Waals surface area contributed by atoms with Crippen LogP contribution >= 0.6 is 0 Å². The molecule has 3 aromatic rings. The summed E-state index contributed by atoms with van der Waals surface area (Å²) in [6.07, 6.45) is 0. The molecule has 0 saturated carbocycles. The third kappa shape index (κ3) is 4.20. The molecule has 0 fully saturated rings. The van der Waals surface area contributed by atoms with Gasteiger partial charge in [0.05, 0.1) is 0 Å². The van der Waals surface area contributed by atoms with Gasteiger partial charge in [-0.25, -0.2) is 4.39 Å². The first kappa shape index (κ1) is 15.7. The van der Waals surface area contributed by atoms with Crippen molar-refractivity contribution in [2.75, 3.05) is 5.32 Å². The molecule has 120 valence electrons. The van der Waals surface area contributed by atoms with Gasteiger partial charge in [0.2, 0.25) is 0 Å². The van der Waals surface area contributed by atoms with E-state index in [2.05, 4.69) is 5.32 Å². The highest BCUT2D eigenvalue weighted by Gasteiger charge is 2.06. The van der Waals surface area contributed by atoms with Crippen molar-refractivity contribution >= 4 is 11.6 Å². The molecule has 0 radical (unpaired) electrons. The molecule has 0 atom stereocenters. The third-order valence-electron chi connectivity index (χ3n) is 3.45. The van der Waals surface area contributed by atoms with Gasteiger partial charge in [-0.2, -0.15) is 0 Å². The molecule has 24 heavy (non-hydrogen) atoms. The minimum Gasteiger partial charge on any atom is -0.489 e. The Balaban J connectivity index is 1.60. The van der Waals surface area contributed by atoms with Crippen LogP contribution in [0.4, 0.5) is 10.1 Å². The summed E-state index contributed by atoms with van der Waals surface area (Å²) in [5, 5.41) is 2.67. The first-order valence-electron chi connectivity index (χ1n) is 7.54. The van der Waals surface area contributed by atoms with Crippen LogP contribution in [-0.2, 0) is 6.61 Å². The van der Waals surface area contributed by atoms with Crippen LogP contribution in [-0.4, -0.2) is 5.91 Å². The zero-order valence-electron chi connectivity index (χ0n) is 12.9. The van der Waals surface area contributed by atoms with Gasteiger partial charge in [-0.3, -0.25) is 4.79 Å². The maximum absolute atomic E-state index is 13.1. The van der Waals surface area contributed by atoms with Crippen LogP contribution in [0.2, 0.25) is 0 Å². The number of amides is 1. The average molecular weight is 321 g/mol. The zero-order valence-corrected chi connectivity index (χ0v) is 12.9. The Kier molecular flexibility index (Phi) is 4.87. The van der Waals surface area contributed by atoms with Gasteiger partial charge in [0, 0.05) is 11.3 Å². The van der Waals surface area contributed by atoms with E-state index in [1.54, 1.807) is 24.3 Å². The quantitative estimate of drug-likeness (QED) is 0.742. The van der Waals surface area contributed by atoms with Gasteiger partial charge in [0.15, 0.2) is 0 Å². The number of benzene rings is 3. The predicted molar refractivity (Wildman–Crippen MR) is 91.6 cm³/mol. The molecule has 0 aliphatic heterocycles. The molecule has 0 aromatic heterocycles. The van der Waals surface area contributed by atoms with Crippen molar-refractivity contribution < 1.29 is 13.9 Å². The number of anilines is 1. The topological polar surface area (TPSA) is 38.3 Å². The predicted octanol–water partition coefficient (Wildman–Crippen LogP) is 4.66. The number of ether oxygens (including phenoxy) is 1. The Morgan fingerprint density at radius 1 is 0.917 bits per heavy atom. The van der Waals surface area contributed by atoms with Gasteiger partial charge in [0.1, 0.15) is 18.2 Å². The second-order valence-electron chi connectivity index (χ2n) is 5.26. The second-order valence-corrected chi connectivity index (χ2v) is 5.26. The molecule has 0 spiro atoms. The highest BCUT2D eigenvalue weighted by molar-refractivity contribution is 6.04. The van der Waals surface area contributed by atoms with E-state index in [9.17, 15) is 9.18 Å². The van der Waals surface area contributed by atoms with Crippen molar-refractivity contribution in [1.29, 1.82) is 0 Å². The van der Waals surface area contributed by atoms with Crippen molar-refractivity contribution in [3.05, 3.63) is 95.8 Å². The maximum atomic E-state index is 13.1. The molecule has 0 aliphatic rings. The standard InChI is InChI=1S/C20H16FNO2/c21-17-5-4-6-18(13-17)22-20(23)16-11-9-15(10-12-16)14-24-19-7-2-1-3-8-19/h1-13H,14H2,(H,22,23). The number of para-hydroxylation sites is 1. The first-order chi connectivity index (χ1) is 11.7. The molecule has 0 bridgehead atoms. The van der Waals surface area contributed by atoms with Gasteiger partial charge in [-0.1, -0.05) is 36.4 Å². The lowest BCUT2D eigenvalue weighted by Crippen LogP contribution is -2.12. The van der Waals surface area contributed by atoms with Crippen molar-refractivity contribution in [3.8, 4) is 5.75 Å². The van der Waals surface area contributed by atoms with E-state index in [4.69, 9.17) is 4.74 Å². The summed E-state index contributed by atoms with van der Waals surface area (Å²) in [6, 6.07) is 22.4. The third-order valence-corrected chi connectivity index (χ3v) is 3.45. The Bertz CT molecular complexity index is 817. The van der Waals surface area contributed by atoms with Crippen LogP contribution in [0.25, 0.3) is 0 Å². The summed E-state index contributed by atoms with van der Waals surface area (Å²) < 4.78 is 18.8. The normalized spacial score (nSPS) is 10.2. The van der Waals surface area contributed by atoms with E-state index < -0.39 is 0 Å². The number of halogens is 1. The van der Waals surface area contributed by atoms with Crippen molar-refractivity contribution in [2.24, 2.45) is 0 Å². The molecule has 3 nitrogen and oxygen atoms in total. The lowest BCUT2D eigenvalue weighted by atomic mass is 10.1. The Labute approximate surface area is 139 Å². The van der Waals surface area contributed by atoms with Crippen LogP contribution in [0.15, 0.2) is 78.9 Å². The summed E-state index contributed by atoms with van der Waals surface area (Å²) in [5.74, 6) is 0.128. The molecular weight excluding hydrogens is 305 g/mol. The minimum atomic E-state index is -0.388. The Hall–Kier alpha value is -3.14. The lowest BCUT2D eigenvalue weighted by molar-refractivity contribution is 0.102. The van der Waals surface area contributed by atoms with Crippen LogP contribution in [0.3, 0.4) is 0 Å². The van der Waals surface area contributed by atoms with Crippen LogP contribution in [0, 0.1) is 5.82 Å². The number of carbonyl (C=O) groups is 1. The van der Waals surface area contributed by atoms with Gasteiger partial charge >= 0.3 is 0 Å². The molecule has 0 unspecified atom stereocenters. The highest BCUT2D eigenvalue weighted by Crippen LogP contribution is 2.14. The number of nitrogens with one attached hydrogen (secondary N) is 1. The fourth-order valence-electron chi connectivity index (χ4n) is 2.21. The van der Waals surface area contributed by atoms with Gasteiger partial charge in [0.25, 0.3) is 5.91 Å². The first-order valence-corrected chi connectivity index (χ1v) is 7.54. The summed E-state index contributed by atoms with van der Waals surface area (Å²) >= 11 is 0. The number of hydrogen-bond donors (Lipinski definition) is 1. The molecule has 0 heterocycles. The van der Waals surface area contributed by atoms with Gasteiger partial charge < -0.3 is 10.1 Å². The van der Waals surface area contributed by atoms with Crippen molar-refractivity contribution in [3.63, 3.8) is 0 Å². The van der Waals surface area contributed by atoms with Crippen LogP contribution < -0.4 is 10.1 Å². The largest absolute Gasteiger partial charge is 0.489 e. The molecule has 0 aliphatic carbocycles. The van der Waals surface area contributed by atoms with E-state index in [0.717, 1.165) is 11.3 Å². The maximum Gasteiger partial charge on any atom is 0.255 e. The summed E-state index contributed by atoms with van der Waals surface area (Å²) in [5.41, 5.74) is 1.89. The van der Waals surface area contributed by atoms with Crippen LogP contribution in [0.5, 0.6) is 5.75 Å². The summed E-state index contributed by atoms with van der Waals surface area (Å²) in [4.78, 5) is 12.2. The smallest absolute Gasteiger partial charge is 0.255 e. The second kappa shape index (κ2) is 7.42. The number of rotatable bonds is 5. The lowest BCUT2D eigenvalue weighted by Gasteiger charge is -2.08. The van der Waals surface area contributed by atoms with E-state index in [-0.39, 0.29) is 11.7 Å². The fourth-order valence-corrected chi connectivity index (χ4v) is 2.21. The number of carbonyl (C=O) groups excluding carboxylic acids is 1. The molecule has 3 rings (SSSR count). The van der Waals surface area contributed by atoms with E-state index in [1.165, 1.54) is 12.1 Å². The van der Waals surface area contributed by atoms with E-state index in [0.29, 0.717) is 17.9 Å². The number of hydrogen-bond acceptors (Lipinski definition) is 2. The minimum absolute atomic E-state index is 0.281. The average Bonchev–Trinajstić information content (AvgIpc) is 2.61. The van der Waals surface area contributed by atoms with Gasteiger partial charge in [-0.15, -0.1) is 0 Å². The molecule has 0 saturated heterocycles. The van der Waals surface area contributed by atoms with Crippen molar-refractivity contribution in [2.45, 2.75) is 6.61 Å².